The third-order valence-corrected chi connectivity index (χ3v) is 0.402. The first-order valence-corrected chi connectivity index (χ1v) is 2.76. The largest absolute Gasteiger partial charge is 0.366 e. The molecule has 0 aromatic rings. The van der Waals surface area contributed by atoms with Crippen LogP contribution in [-0.2, 0) is 9.59 Å². The van der Waals surface area contributed by atoms with E-state index in [2.05, 4.69) is 24.6 Å². The molecule has 0 saturated carbocycles. The molecule has 7 nitrogen and oxygen atoms in total. The summed E-state index contributed by atoms with van der Waals surface area (Å²) in [6.45, 7) is 6.17. The second-order valence-electron chi connectivity index (χ2n) is 1.29. The zero-order valence-electron chi connectivity index (χ0n) is 6.84. The number of rotatable bonds is 2. The van der Waals surface area contributed by atoms with E-state index in [0.717, 1.165) is 12.2 Å². The van der Waals surface area contributed by atoms with Gasteiger partial charge in [0.2, 0.25) is 11.8 Å². The van der Waals surface area contributed by atoms with Crippen molar-refractivity contribution in [2.45, 2.75) is 0 Å². The van der Waals surface area contributed by atoms with Crippen LogP contribution in [0.4, 0.5) is 0 Å². The van der Waals surface area contributed by atoms with Gasteiger partial charge < -0.3 is 11.5 Å². The highest BCUT2D eigenvalue weighted by Crippen LogP contribution is 1.49. The lowest BCUT2D eigenvalue weighted by Gasteiger charge is -1.65. The van der Waals surface area contributed by atoms with Gasteiger partial charge in [-0.3, -0.25) is 15.1 Å². The normalized spacial score (nSPS) is 5.54. The maximum absolute atomic E-state index is 9.47. The van der Waals surface area contributed by atoms with E-state index in [1.54, 1.807) is 0 Å². The molecule has 0 saturated heterocycles. The Kier molecular flexibility index (Phi) is 21.4. The first-order valence-electron chi connectivity index (χ1n) is 2.76. The Hall–Kier alpha value is -2.27. The summed E-state index contributed by atoms with van der Waals surface area (Å²) in [6.07, 6.45) is 2.11. The lowest BCUT2D eigenvalue weighted by Crippen LogP contribution is -2.04. The standard InChI is InChI=1S/2C3H5NO.N2O/c2*1-2-3(4)5;1-2-3/h2*2H,1H2,(H2,4,5);. The Morgan fingerprint density at radius 2 is 1.23 bits per heavy atom. The molecular formula is C6H10N4O3. The minimum absolute atomic E-state index is 0.481. The van der Waals surface area contributed by atoms with Crippen molar-refractivity contribution in [1.29, 1.82) is 0 Å². The molecule has 4 N–H and O–H groups in total. The molecule has 0 aromatic heterocycles. The van der Waals surface area contributed by atoms with E-state index in [1.165, 1.54) is 4.97 Å². The molecule has 0 unspecified atom stereocenters. The molecule has 0 aliphatic carbocycles. The summed E-state index contributed by atoms with van der Waals surface area (Å²) in [4.78, 5) is 28.3. The monoisotopic (exact) mass is 186 g/mol. The smallest absolute Gasteiger partial charge is 0.240 e. The van der Waals surface area contributed by atoms with Gasteiger partial charge in [-0.1, -0.05) is 13.2 Å². The fourth-order valence-electron chi connectivity index (χ4n) is 0. The van der Waals surface area contributed by atoms with E-state index in [1.807, 2.05) is 0 Å². The predicted octanol–water partition coefficient (Wildman–Crippen LogP) is -0.843. The van der Waals surface area contributed by atoms with Crippen molar-refractivity contribution in [2.24, 2.45) is 11.5 Å². The van der Waals surface area contributed by atoms with E-state index >= 15 is 0 Å². The first kappa shape index (κ1) is 17.0. The molecule has 0 aliphatic rings. The fraction of sp³-hybridized carbons (Fsp3) is 0. The van der Waals surface area contributed by atoms with Crippen LogP contribution in [0.25, 0.3) is 5.53 Å². The lowest BCUT2D eigenvalue weighted by molar-refractivity contribution is -0.114. The Morgan fingerprint density at radius 1 is 1.15 bits per heavy atom. The number of amides is 2. The number of hydrogen-bond acceptors (Lipinski definition) is 3. The topological polar surface area (TPSA) is 140 Å². The van der Waals surface area contributed by atoms with Gasteiger partial charge in [-0.05, 0) is 12.2 Å². The van der Waals surface area contributed by atoms with Crippen LogP contribution in [0.1, 0.15) is 0 Å². The van der Waals surface area contributed by atoms with Crippen molar-refractivity contribution >= 4 is 11.8 Å². The molecule has 0 rings (SSSR count). The van der Waals surface area contributed by atoms with Crippen LogP contribution in [0, 0.1) is 4.91 Å². The summed E-state index contributed by atoms with van der Waals surface area (Å²) in [5.41, 5.74) is 15.7. The van der Waals surface area contributed by atoms with E-state index in [9.17, 15) is 9.59 Å². The van der Waals surface area contributed by atoms with Gasteiger partial charge in [0.25, 0.3) is 0 Å². The summed E-state index contributed by atoms with van der Waals surface area (Å²) < 4.78 is 0. The van der Waals surface area contributed by atoms with Gasteiger partial charge in [-0.25, -0.2) is 0 Å². The van der Waals surface area contributed by atoms with Crippen LogP contribution in [0.5, 0.6) is 0 Å². The summed E-state index contributed by atoms with van der Waals surface area (Å²) in [5.74, 6) is -0.963. The lowest BCUT2D eigenvalue weighted by atomic mass is 10.6. The maximum Gasteiger partial charge on any atom is 0.240 e. The molecule has 0 spiro atoms. The van der Waals surface area contributed by atoms with Crippen molar-refractivity contribution in [3.05, 3.63) is 35.7 Å². The van der Waals surface area contributed by atoms with E-state index in [-0.39, 0.29) is 0 Å². The number of carbonyl (C=O) groups excluding carboxylic acids is 2. The molecule has 0 radical (unpaired) electrons. The van der Waals surface area contributed by atoms with Crippen molar-refractivity contribution < 1.29 is 9.59 Å². The average Bonchev–Trinajstić information content (AvgIpc) is 2.07. The zero-order valence-corrected chi connectivity index (χ0v) is 6.84. The first-order chi connectivity index (χ1) is 5.95. The van der Waals surface area contributed by atoms with Crippen LogP contribution in [0.3, 0.4) is 0 Å². The third-order valence-electron chi connectivity index (χ3n) is 0.402. The maximum atomic E-state index is 9.47. The SMILES string of the molecule is C=CC(N)=O.C=CC(N)=O.[N-]=[N+]=O. The number of nitrogens with zero attached hydrogens (tertiary/aromatic N) is 2. The summed E-state index contributed by atoms with van der Waals surface area (Å²) in [5, 5.41) is 0. The highest BCUT2D eigenvalue weighted by Gasteiger charge is 1.69. The highest BCUT2D eigenvalue weighted by molar-refractivity contribution is 5.85. The zero-order chi connectivity index (χ0) is 11.3. The second-order valence-corrected chi connectivity index (χ2v) is 1.29. The highest BCUT2D eigenvalue weighted by atomic mass is 16.2. The van der Waals surface area contributed by atoms with Gasteiger partial charge in [-0.15, -0.1) is 0 Å². The molecule has 0 aliphatic heterocycles. The minimum atomic E-state index is -0.481. The van der Waals surface area contributed by atoms with Gasteiger partial charge >= 0.3 is 0 Å². The van der Waals surface area contributed by atoms with Gasteiger partial charge in [0.1, 0.15) is 4.97 Å². The van der Waals surface area contributed by atoms with Crippen LogP contribution in [0.2, 0.25) is 0 Å². The number of primary amides is 2. The molecule has 0 fully saturated rings. The third kappa shape index (κ3) is 194. The summed E-state index contributed by atoms with van der Waals surface area (Å²) in [7, 11) is 0. The fourth-order valence-corrected chi connectivity index (χ4v) is 0. The van der Waals surface area contributed by atoms with Gasteiger partial charge in [0.05, 0.1) is 0 Å². The molecule has 0 bridgehead atoms. The molecule has 0 heterocycles. The number of nitrogens with two attached hydrogens (primary N) is 2. The van der Waals surface area contributed by atoms with E-state index < -0.39 is 11.8 Å². The van der Waals surface area contributed by atoms with Crippen molar-refractivity contribution in [1.82, 2.24) is 4.97 Å². The second kappa shape index (κ2) is 16.4. The van der Waals surface area contributed by atoms with E-state index in [0.29, 0.717) is 0 Å². The van der Waals surface area contributed by atoms with Crippen molar-refractivity contribution in [3.63, 3.8) is 0 Å². The minimum Gasteiger partial charge on any atom is -0.366 e. The molecule has 13 heavy (non-hydrogen) atoms. The molecule has 0 aromatic carbocycles. The van der Waals surface area contributed by atoms with Crippen molar-refractivity contribution in [3.8, 4) is 0 Å². The Morgan fingerprint density at radius 3 is 1.23 bits per heavy atom. The molecule has 7 heteroatoms. The van der Waals surface area contributed by atoms with Gasteiger partial charge in [0, 0.05) is 0 Å². The van der Waals surface area contributed by atoms with Gasteiger partial charge in [0.15, 0.2) is 4.91 Å². The average molecular weight is 186 g/mol. The Balaban J connectivity index is -0.000000120. The van der Waals surface area contributed by atoms with Crippen LogP contribution >= 0.6 is 0 Å². The quantitative estimate of drug-likeness (QED) is 0.330. The Labute approximate surface area is 74.6 Å². The van der Waals surface area contributed by atoms with E-state index in [4.69, 9.17) is 10.4 Å². The molecule has 0 atom stereocenters. The summed E-state index contributed by atoms with van der Waals surface area (Å²) >= 11 is 0. The predicted molar refractivity (Wildman–Crippen MR) is 47.6 cm³/mol. The number of nitroso groups, excluding NO2 is 1. The van der Waals surface area contributed by atoms with Gasteiger partial charge in [-0.2, -0.15) is 0 Å². The molecule has 72 valence electrons. The van der Waals surface area contributed by atoms with Crippen LogP contribution < -0.4 is 16.4 Å². The van der Waals surface area contributed by atoms with Crippen molar-refractivity contribution in [2.75, 3.05) is 0 Å². The Bertz CT molecular complexity index is 200. The van der Waals surface area contributed by atoms with Crippen LogP contribution in [-0.4, -0.2) is 11.8 Å². The summed E-state index contributed by atoms with van der Waals surface area (Å²) in [6, 6.07) is 0. The van der Waals surface area contributed by atoms with Crippen LogP contribution in [0.15, 0.2) is 25.3 Å². The number of hydrogen-bond donors (Lipinski definition) is 2. The molecular weight excluding hydrogens is 176 g/mol. The number of carbonyl (C=O) groups is 2. The molecule has 2 amide bonds.